The van der Waals surface area contributed by atoms with Crippen LogP contribution >= 0.6 is 0 Å². The SMILES string of the molecule is CNC(COCCC(C)(C)C)c1cc(OC)ccc1OC. The van der Waals surface area contributed by atoms with Gasteiger partial charge in [-0.15, -0.1) is 0 Å². The Morgan fingerprint density at radius 3 is 2.38 bits per heavy atom. The summed E-state index contributed by atoms with van der Waals surface area (Å²) in [6, 6.07) is 5.89. The van der Waals surface area contributed by atoms with E-state index in [1.165, 1.54) is 0 Å². The van der Waals surface area contributed by atoms with Gasteiger partial charge in [0, 0.05) is 12.2 Å². The highest BCUT2D eigenvalue weighted by Gasteiger charge is 2.17. The van der Waals surface area contributed by atoms with Gasteiger partial charge in [0.1, 0.15) is 11.5 Å². The predicted molar refractivity (Wildman–Crippen MR) is 86.2 cm³/mol. The van der Waals surface area contributed by atoms with Crippen molar-refractivity contribution in [1.82, 2.24) is 5.32 Å². The Morgan fingerprint density at radius 1 is 1.14 bits per heavy atom. The summed E-state index contributed by atoms with van der Waals surface area (Å²) in [6.07, 6.45) is 1.04. The molecule has 0 aliphatic carbocycles. The van der Waals surface area contributed by atoms with Crippen molar-refractivity contribution in [1.29, 1.82) is 0 Å². The van der Waals surface area contributed by atoms with Gasteiger partial charge in [0.2, 0.25) is 0 Å². The minimum absolute atomic E-state index is 0.0787. The van der Waals surface area contributed by atoms with E-state index in [0.717, 1.165) is 30.1 Å². The van der Waals surface area contributed by atoms with Crippen LogP contribution in [0.15, 0.2) is 18.2 Å². The Balaban J connectivity index is 2.70. The van der Waals surface area contributed by atoms with Gasteiger partial charge in [-0.05, 0) is 37.1 Å². The molecular weight excluding hydrogens is 266 g/mol. The second-order valence-corrected chi connectivity index (χ2v) is 6.33. The van der Waals surface area contributed by atoms with Gasteiger partial charge < -0.3 is 19.5 Å². The van der Waals surface area contributed by atoms with Gasteiger partial charge in [-0.2, -0.15) is 0 Å². The monoisotopic (exact) mass is 295 g/mol. The van der Waals surface area contributed by atoms with Gasteiger partial charge in [0.05, 0.1) is 26.9 Å². The summed E-state index contributed by atoms with van der Waals surface area (Å²) in [5.74, 6) is 1.66. The lowest BCUT2D eigenvalue weighted by atomic mass is 9.93. The fourth-order valence-corrected chi connectivity index (χ4v) is 2.02. The maximum atomic E-state index is 5.83. The summed E-state index contributed by atoms with van der Waals surface area (Å²) in [7, 11) is 5.27. The number of benzene rings is 1. The van der Waals surface area contributed by atoms with Crippen molar-refractivity contribution in [3.05, 3.63) is 23.8 Å². The van der Waals surface area contributed by atoms with Gasteiger partial charge in [0.15, 0.2) is 0 Å². The van der Waals surface area contributed by atoms with Gasteiger partial charge in [-0.1, -0.05) is 20.8 Å². The Bertz CT molecular complexity index is 427. The molecule has 0 aliphatic rings. The molecule has 0 spiro atoms. The maximum Gasteiger partial charge on any atom is 0.123 e. The zero-order valence-electron chi connectivity index (χ0n) is 14.2. The molecule has 1 aromatic rings. The molecule has 4 heteroatoms. The second-order valence-electron chi connectivity index (χ2n) is 6.33. The average Bonchev–Trinajstić information content (AvgIpc) is 2.45. The number of rotatable bonds is 8. The van der Waals surface area contributed by atoms with E-state index in [1.54, 1.807) is 14.2 Å². The Labute approximate surface area is 128 Å². The first-order valence-corrected chi connectivity index (χ1v) is 7.38. The number of likely N-dealkylation sites (N-methyl/N-ethyl adjacent to an activating group) is 1. The van der Waals surface area contributed by atoms with Crippen LogP contribution in [0.2, 0.25) is 0 Å². The highest BCUT2D eigenvalue weighted by molar-refractivity contribution is 5.42. The van der Waals surface area contributed by atoms with Crippen molar-refractivity contribution in [2.24, 2.45) is 5.41 Å². The lowest BCUT2D eigenvalue weighted by Crippen LogP contribution is -2.23. The largest absolute Gasteiger partial charge is 0.497 e. The molecule has 0 heterocycles. The summed E-state index contributed by atoms with van der Waals surface area (Å²) in [5, 5.41) is 3.28. The molecular formula is C17H29NO3. The summed E-state index contributed by atoms with van der Waals surface area (Å²) in [6.45, 7) is 8.02. The molecule has 0 bridgehead atoms. The zero-order valence-corrected chi connectivity index (χ0v) is 14.2. The molecule has 0 fully saturated rings. The van der Waals surface area contributed by atoms with E-state index in [1.807, 2.05) is 25.2 Å². The molecule has 1 rings (SSSR count). The number of methoxy groups -OCH3 is 2. The topological polar surface area (TPSA) is 39.7 Å². The average molecular weight is 295 g/mol. The zero-order chi connectivity index (χ0) is 15.9. The summed E-state index contributed by atoms with van der Waals surface area (Å²) >= 11 is 0. The number of nitrogens with one attached hydrogen (secondary N) is 1. The molecule has 0 radical (unpaired) electrons. The van der Waals surface area contributed by atoms with Crippen LogP contribution in [0.1, 0.15) is 38.8 Å². The van der Waals surface area contributed by atoms with Gasteiger partial charge >= 0.3 is 0 Å². The van der Waals surface area contributed by atoms with Crippen LogP contribution in [0.4, 0.5) is 0 Å². The minimum atomic E-state index is 0.0787. The van der Waals surface area contributed by atoms with Crippen molar-refractivity contribution in [2.75, 3.05) is 34.5 Å². The van der Waals surface area contributed by atoms with E-state index in [4.69, 9.17) is 14.2 Å². The van der Waals surface area contributed by atoms with E-state index in [-0.39, 0.29) is 6.04 Å². The predicted octanol–water partition coefficient (Wildman–Crippen LogP) is 3.42. The van der Waals surface area contributed by atoms with Gasteiger partial charge in [-0.25, -0.2) is 0 Å². The van der Waals surface area contributed by atoms with Crippen LogP contribution in [0, 0.1) is 5.41 Å². The third-order valence-corrected chi connectivity index (χ3v) is 3.44. The standard InChI is InChI=1S/C17H29NO3/c1-17(2,3)9-10-21-12-15(18-4)14-11-13(19-5)7-8-16(14)20-6/h7-8,11,15,18H,9-10,12H2,1-6H3. The van der Waals surface area contributed by atoms with Crippen LogP contribution in [0.25, 0.3) is 0 Å². The summed E-state index contributed by atoms with van der Waals surface area (Å²) in [5.41, 5.74) is 1.35. The minimum Gasteiger partial charge on any atom is -0.497 e. The molecule has 1 unspecified atom stereocenters. The molecule has 0 amide bonds. The van der Waals surface area contributed by atoms with Crippen molar-refractivity contribution in [2.45, 2.75) is 33.2 Å². The first-order chi connectivity index (χ1) is 9.91. The van der Waals surface area contributed by atoms with Gasteiger partial charge in [0.25, 0.3) is 0 Å². The summed E-state index contributed by atoms with van der Waals surface area (Å²) in [4.78, 5) is 0. The highest BCUT2D eigenvalue weighted by Crippen LogP contribution is 2.29. The molecule has 0 aromatic heterocycles. The van der Waals surface area contributed by atoms with E-state index >= 15 is 0 Å². The Morgan fingerprint density at radius 2 is 1.86 bits per heavy atom. The fourth-order valence-electron chi connectivity index (χ4n) is 2.02. The van der Waals surface area contributed by atoms with Crippen LogP contribution in [-0.4, -0.2) is 34.5 Å². The van der Waals surface area contributed by atoms with Crippen molar-refractivity contribution in [3.8, 4) is 11.5 Å². The van der Waals surface area contributed by atoms with E-state index in [9.17, 15) is 0 Å². The molecule has 21 heavy (non-hydrogen) atoms. The van der Waals surface area contributed by atoms with Crippen molar-refractivity contribution < 1.29 is 14.2 Å². The molecule has 1 N–H and O–H groups in total. The van der Waals surface area contributed by atoms with Gasteiger partial charge in [-0.3, -0.25) is 0 Å². The molecule has 0 aliphatic heterocycles. The molecule has 0 saturated carbocycles. The van der Waals surface area contributed by atoms with Crippen LogP contribution in [0.3, 0.4) is 0 Å². The normalized spacial score (nSPS) is 13.0. The quantitative estimate of drug-likeness (QED) is 0.746. The number of hydrogen-bond acceptors (Lipinski definition) is 4. The first kappa shape index (κ1) is 17.8. The van der Waals surface area contributed by atoms with Crippen LogP contribution < -0.4 is 14.8 Å². The van der Waals surface area contributed by atoms with Crippen LogP contribution in [0.5, 0.6) is 11.5 Å². The van der Waals surface area contributed by atoms with E-state index in [0.29, 0.717) is 12.0 Å². The second kappa shape index (κ2) is 8.25. The lowest BCUT2D eigenvalue weighted by molar-refractivity contribution is 0.0908. The smallest absolute Gasteiger partial charge is 0.123 e. The molecule has 120 valence electrons. The van der Waals surface area contributed by atoms with Crippen molar-refractivity contribution in [3.63, 3.8) is 0 Å². The van der Waals surface area contributed by atoms with Crippen molar-refractivity contribution >= 4 is 0 Å². The third kappa shape index (κ3) is 5.94. The Kier molecular flexibility index (Phi) is 6.99. The first-order valence-electron chi connectivity index (χ1n) is 7.38. The number of ether oxygens (including phenoxy) is 3. The third-order valence-electron chi connectivity index (χ3n) is 3.44. The molecule has 0 saturated heterocycles. The maximum absolute atomic E-state index is 5.83. The molecule has 1 aromatic carbocycles. The van der Waals surface area contributed by atoms with E-state index < -0.39 is 0 Å². The fraction of sp³-hybridized carbons (Fsp3) is 0.647. The highest BCUT2D eigenvalue weighted by atomic mass is 16.5. The Hall–Kier alpha value is -1.26. The van der Waals surface area contributed by atoms with Crippen LogP contribution in [-0.2, 0) is 4.74 Å². The number of hydrogen-bond donors (Lipinski definition) is 1. The molecule has 4 nitrogen and oxygen atoms in total. The summed E-state index contributed by atoms with van der Waals surface area (Å²) < 4.78 is 16.6. The van der Waals surface area contributed by atoms with E-state index in [2.05, 4.69) is 26.1 Å². The lowest BCUT2D eigenvalue weighted by Gasteiger charge is -2.22. The molecule has 1 atom stereocenters.